The largest absolute Gasteiger partial charge is 0.310 e. The van der Waals surface area contributed by atoms with Gasteiger partial charge in [0.15, 0.2) is 0 Å². The molecule has 12 aromatic rings. The van der Waals surface area contributed by atoms with Gasteiger partial charge in [-0.05, 0) is 122 Å². The maximum absolute atomic E-state index is 2.41. The van der Waals surface area contributed by atoms with Crippen molar-refractivity contribution in [3.8, 4) is 44.5 Å². The van der Waals surface area contributed by atoms with Crippen LogP contribution in [0.15, 0.2) is 224 Å². The zero-order chi connectivity index (χ0) is 40.3. The number of nitrogens with zero attached hydrogens (tertiary/aromatic N) is 1. The third kappa shape index (κ3) is 6.29. The molecule has 0 fully saturated rings. The Kier molecular flexibility index (Phi) is 8.62. The first-order valence-corrected chi connectivity index (χ1v) is 22.4. The predicted molar refractivity (Wildman–Crippen MR) is 266 cm³/mol. The summed E-state index contributed by atoms with van der Waals surface area (Å²) in [6, 6.07) is 82.4. The Morgan fingerprint density at radius 1 is 0.279 bits per heavy atom. The molecule has 0 aliphatic rings. The lowest BCUT2D eigenvalue weighted by molar-refractivity contribution is 1.28. The summed E-state index contributed by atoms with van der Waals surface area (Å²) in [4.78, 5) is 2.41. The Bertz CT molecular complexity index is 3610. The van der Waals surface area contributed by atoms with Crippen LogP contribution < -0.4 is 4.90 Å². The van der Waals surface area contributed by atoms with E-state index in [9.17, 15) is 0 Å². The fourth-order valence-electron chi connectivity index (χ4n) is 9.11. The first-order valence-electron chi connectivity index (χ1n) is 20.7. The number of rotatable bonds is 7. The van der Waals surface area contributed by atoms with Crippen LogP contribution in [0.2, 0.25) is 0 Å². The lowest BCUT2D eigenvalue weighted by Crippen LogP contribution is -2.10. The van der Waals surface area contributed by atoms with Crippen molar-refractivity contribution in [1.82, 2.24) is 0 Å². The summed E-state index contributed by atoms with van der Waals surface area (Å²) in [5.41, 5.74) is 13.0. The van der Waals surface area contributed by atoms with E-state index in [2.05, 4.69) is 229 Å². The Balaban J connectivity index is 0.979. The van der Waals surface area contributed by atoms with Gasteiger partial charge in [0, 0.05) is 57.4 Å². The van der Waals surface area contributed by atoms with Crippen LogP contribution in [-0.4, -0.2) is 0 Å². The molecule has 2 heterocycles. The molecule has 1 nitrogen and oxygen atoms in total. The van der Waals surface area contributed by atoms with E-state index < -0.39 is 0 Å². The Morgan fingerprint density at radius 2 is 0.820 bits per heavy atom. The molecule has 0 N–H and O–H groups in total. The van der Waals surface area contributed by atoms with Crippen molar-refractivity contribution in [1.29, 1.82) is 0 Å². The average molecular weight is 812 g/mol. The Labute approximate surface area is 362 Å². The van der Waals surface area contributed by atoms with Crippen LogP contribution in [-0.2, 0) is 0 Å². The summed E-state index contributed by atoms with van der Waals surface area (Å²) in [6.45, 7) is 0. The van der Waals surface area contributed by atoms with Crippen LogP contribution in [0.25, 0.3) is 95.6 Å². The van der Waals surface area contributed by atoms with Crippen LogP contribution >= 0.6 is 22.7 Å². The van der Waals surface area contributed by atoms with Gasteiger partial charge in [0.1, 0.15) is 0 Å². The average Bonchev–Trinajstić information content (AvgIpc) is 3.91. The first-order chi connectivity index (χ1) is 30.2. The minimum atomic E-state index is 1.10. The summed E-state index contributed by atoms with van der Waals surface area (Å²) in [5.74, 6) is 0. The van der Waals surface area contributed by atoms with E-state index in [0.717, 1.165) is 17.1 Å². The number of fused-ring (bicyclic) bond motifs is 7. The van der Waals surface area contributed by atoms with Gasteiger partial charge in [-0.2, -0.15) is 0 Å². The molecule has 286 valence electrons. The maximum Gasteiger partial charge on any atom is 0.0467 e. The molecule has 0 atom stereocenters. The minimum Gasteiger partial charge on any atom is -0.310 e. The quantitative estimate of drug-likeness (QED) is 0.155. The highest BCUT2D eigenvalue weighted by Crippen LogP contribution is 2.44. The van der Waals surface area contributed by atoms with Gasteiger partial charge in [-0.15, -0.1) is 22.7 Å². The van der Waals surface area contributed by atoms with Gasteiger partial charge < -0.3 is 4.90 Å². The summed E-state index contributed by atoms with van der Waals surface area (Å²) < 4.78 is 5.28. The molecule has 0 spiro atoms. The molecule has 3 heteroatoms. The highest BCUT2D eigenvalue weighted by Gasteiger charge is 2.18. The maximum atomic E-state index is 2.41. The number of hydrogen-bond donors (Lipinski definition) is 0. The number of thiophene rings is 2. The van der Waals surface area contributed by atoms with Crippen molar-refractivity contribution in [3.63, 3.8) is 0 Å². The lowest BCUT2D eigenvalue weighted by Gasteiger charge is -2.27. The summed E-state index contributed by atoms with van der Waals surface area (Å²) >= 11 is 3.75. The zero-order valence-electron chi connectivity index (χ0n) is 33.1. The van der Waals surface area contributed by atoms with Gasteiger partial charge >= 0.3 is 0 Å². The molecule has 12 rings (SSSR count). The van der Waals surface area contributed by atoms with Gasteiger partial charge in [0.05, 0.1) is 0 Å². The van der Waals surface area contributed by atoms with E-state index in [1.807, 2.05) is 22.7 Å². The van der Waals surface area contributed by atoms with Crippen LogP contribution in [0.1, 0.15) is 0 Å². The topological polar surface area (TPSA) is 3.24 Å². The summed E-state index contributed by atoms with van der Waals surface area (Å²) in [5, 5.41) is 7.77. The van der Waals surface area contributed by atoms with Crippen LogP contribution in [0.4, 0.5) is 17.1 Å². The smallest absolute Gasteiger partial charge is 0.0467 e. The summed E-state index contributed by atoms with van der Waals surface area (Å²) in [6.07, 6.45) is 0. The van der Waals surface area contributed by atoms with Crippen molar-refractivity contribution < 1.29 is 0 Å². The highest BCUT2D eigenvalue weighted by atomic mass is 32.1. The second-order valence-electron chi connectivity index (χ2n) is 15.7. The number of benzene rings is 10. The van der Waals surface area contributed by atoms with Crippen molar-refractivity contribution in [2.24, 2.45) is 0 Å². The molecule has 0 aliphatic heterocycles. The van der Waals surface area contributed by atoms with Gasteiger partial charge in [0.25, 0.3) is 0 Å². The van der Waals surface area contributed by atoms with Gasteiger partial charge in [-0.3, -0.25) is 0 Å². The molecule has 2 aromatic heterocycles. The van der Waals surface area contributed by atoms with E-state index in [-0.39, 0.29) is 0 Å². The van der Waals surface area contributed by atoms with Crippen molar-refractivity contribution in [2.45, 2.75) is 0 Å². The van der Waals surface area contributed by atoms with E-state index in [1.165, 1.54) is 95.6 Å². The highest BCUT2D eigenvalue weighted by molar-refractivity contribution is 7.26. The molecular weight excluding hydrogens is 775 g/mol. The predicted octanol–water partition coefficient (Wildman–Crippen LogP) is 17.7. The SMILES string of the molecule is c1cc(-c2cccc(N(c3ccc(-c4ccc5ccccc5c4)cc3)c3cccc(-c4cccc5sc6ccccc6c45)c3)c2)cc(-c2cccc3c2sc2ccccc23)c1. The van der Waals surface area contributed by atoms with E-state index in [1.54, 1.807) is 0 Å². The van der Waals surface area contributed by atoms with E-state index in [4.69, 9.17) is 0 Å². The van der Waals surface area contributed by atoms with Gasteiger partial charge in [-0.1, -0.05) is 158 Å². The van der Waals surface area contributed by atoms with Crippen molar-refractivity contribution in [3.05, 3.63) is 224 Å². The normalized spacial score (nSPS) is 11.6. The Morgan fingerprint density at radius 3 is 1.64 bits per heavy atom. The first kappa shape index (κ1) is 35.6. The zero-order valence-corrected chi connectivity index (χ0v) is 34.8. The number of anilines is 3. The standard InChI is InChI=1S/C58H37NS2/c1-2-13-40-34-43(29-28-38(40)12-1)39-30-32-46(33-31-39)59(48-19-9-17-45(37-48)49-22-11-27-56-57(49)53-21-4-6-26-55(53)60-56)47-18-8-15-42(36-47)41-14-7-16-44(35-41)50-23-10-24-52-51-20-3-5-25-54(51)61-58(50)52/h1-37H. The van der Waals surface area contributed by atoms with Gasteiger partial charge in [-0.25, -0.2) is 0 Å². The van der Waals surface area contributed by atoms with E-state index >= 15 is 0 Å². The third-order valence-electron chi connectivity index (χ3n) is 12.0. The monoisotopic (exact) mass is 811 g/mol. The second-order valence-corrected chi connectivity index (χ2v) is 17.8. The molecule has 0 amide bonds. The number of hydrogen-bond acceptors (Lipinski definition) is 3. The molecule has 61 heavy (non-hydrogen) atoms. The fraction of sp³-hybridized carbons (Fsp3) is 0. The van der Waals surface area contributed by atoms with Gasteiger partial charge in [0.2, 0.25) is 0 Å². The third-order valence-corrected chi connectivity index (χ3v) is 14.4. The van der Waals surface area contributed by atoms with Crippen molar-refractivity contribution >= 4 is 90.9 Å². The van der Waals surface area contributed by atoms with E-state index in [0.29, 0.717) is 0 Å². The molecule has 0 saturated heterocycles. The fourth-order valence-corrected chi connectivity index (χ4v) is 11.5. The molecule has 0 aliphatic carbocycles. The summed E-state index contributed by atoms with van der Waals surface area (Å²) in [7, 11) is 0. The van der Waals surface area contributed by atoms with Crippen LogP contribution in [0.3, 0.4) is 0 Å². The molecule has 0 bridgehead atoms. The Hall–Kier alpha value is -7.30. The molecule has 0 saturated carbocycles. The second kappa shape index (κ2) is 14.8. The molecular formula is C58H37NS2. The molecule has 10 aromatic carbocycles. The van der Waals surface area contributed by atoms with Crippen LogP contribution in [0.5, 0.6) is 0 Å². The molecule has 0 radical (unpaired) electrons. The van der Waals surface area contributed by atoms with Crippen molar-refractivity contribution in [2.75, 3.05) is 4.90 Å². The van der Waals surface area contributed by atoms with Crippen LogP contribution in [0, 0.1) is 0 Å². The molecule has 0 unspecified atom stereocenters. The lowest BCUT2D eigenvalue weighted by atomic mass is 9.97. The minimum absolute atomic E-state index is 1.10.